The standard InChI is InChI=1S/C26H22N6O6/c33-21-12-38-18-3-1-14(7-17(18)32-21)9-29-26(35)24-23-22(30-13-31-24)16(11-27-23)25(34)28-10-15-2-4-19-20(8-15)37-6-5-36-19/h1-4,7-8,11,13,27H,5-6,9-10,12H2,(H,28,34)(H,29,35)(H,32,33). The van der Waals surface area contributed by atoms with Gasteiger partial charge in [0.1, 0.15) is 30.8 Å². The first-order valence-electron chi connectivity index (χ1n) is 11.9. The van der Waals surface area contributed by atoms with Gasteiger partial charge in [-0.3, -0.25) is 14.4 Å². The summed E-state index contributed by atoms with van der Waals surface area (Å²) in [5, 5.41) is 8.42. The van der Waals surface area contributed by atoms with Crippen LogP contribution in [0.15, 0.2) is 48.9 Å². The molecule has 2 aromatic carbocycles. The van der Waals surface area contributed by atoms with Crippen LogP contribution < -0.4 is 30.2 Å². The van der Waals surface area contributed by atoms with Gasteiger partial charge >= 0.3 is 0 Å². The lowest BCUT2D eigenvalue weighted by Crippen LogP contribution is -2.26. The van der Waals surface area contributed by atoms with Crippen molar-refractivity contribution in [3.63, 3.8) is 0 Å². The number of benzene rings is 2. The summed E-state index contributed by atoms with van der Waals surface area (Å²) in [4.78, 5) is 48.7. The highest BCUT2D eigenvalue weighted by atomic mass is 16.6. The molecule has 4 aromatic rings. The number of hydrogen-bond donors (Lipinski definition) is 4. The molecule has 0 fully saturated rings. The number of carbonyl (C=O) groups excluding carboxylic acids is 3. The minimum absolute atomic E-state index is 0.0264. The van der Waals surface area contributed by atoms with Crippen molar-refractivity contribution in [1.29, 1.82) is 0 Å². The summed E-state index contributed by atoms with van der Waals surface area (Å²) in [6, 6.07) is 10.8. The lowest BCUT2D eigenvalue weighted by molar-refractivity contribution is -0.118. The van der Waals surface area contributed by atoms with Gasteiger partial charge in [-0.25, -0.2) is 9.97 Å². The molecule has 12 heteroatoms. The average molecular weight is 514 g/mol. The lowest BCUT2D eigenvalue weighted by atomic mass is 10.1. The minimum atomic E-state index is -0.444. The molecule has 0 saturated carbocycles. The predicted octanol–water partition coefficient (Wildman–Crippen LogP) is 1.92. The molecule has 2 aliphatic heterocycles. The molecule has 0 atom stereocenters. The van der Waals surface area contributed by atoms with Gasteiger partial charge in [0, 0.05) is 19.3 Å². The second-order valence-electron chi connectivity index (χ2n) is 8.66. The van der Waals surface area contributed by atoms with Crippen molar-refractivity contribution in [3.8, 4) is 17.2 Å². The van der Waals surface area contributed by atoms with Gasteiger partial charge in [-0.05, 0) is 35.4 Å². The van der Waals surface area contributed by atoms with Crippen LogP contribution in [0.1, 0.15) is 32.0 Å². The summed E-state index contributed by atoms with van der Waals surface area (Å²) in [6.45, 7) is 1.42. The van der Waals surface area contributed by atoms with Gasteiger partial charge in [-0.2, -0.15) is 0 Å². The summed E-state index contributed by atoms with van der Waals surface area (Å²) in [5.74, 6) is 0.864. The van der Waals surface area contributed by atoms with Crippen molar-refractivity contribution in [2.24, 2.45) is 0 Å². The van der Waals surface area contributed by atoms with E-state index in [1.807, 2.05) is 18.2 Å². The smallest absolute Gasteiger partial charge is 0.272 e. The lowest BCUT2D eigenvalue weighted by Gasteiger charge is -2.18. The maximum atomic E-state index is 12.9. The minimum Gasteiger partial charge on any atom is -0.486 e. The van der Waals surface area contributed by atoms with E-state index in [0.717, 1.165) is 11.1 Å². The molecule has 6 rings (SSSR count). The number of fused-ring (bicyclic) bond motifs is 3. The maximum absolute atomic E-state index is 12.9. The van der Waals surface area contributed by atoms with E-state index in [2.05, 4.69) is 30.9 Å². The van der Waals surface area contributed by atoms with Gasteiger partial charge in [-0.1, -0.05) is 12.1 Å². The summed E-state index contributed by atoms with van der Waals surface area (Å²) in [5.41, 5.74) is 3.24. The average Bonchev–Trinajstić information content (AvgIpc) is 3.39. The Morgan fingerprint density at radius 2 is 1.61 bits per heavy atom. The number of nitrogens with one attached hydrogen (secondary N) is 4. The Bertz CT molecular complexity index is 1580. The third-order valence-corrected chi connectivity index (χ3v) is 6.11. The van der Waals surface area contributed by atoms with Gasteiger partial charge < -0.3 is 35.1 Å². The Balaban J connectivity index is 1.13. The number of amides is 3. The zero-order valence-corrected chi connectivity index (χ0v) is 20.0. The van der Waals surface area contributed by atoms with E-state index in [9.17, 15) is 14.4 Å². The zero-order chi connectivity index (χ0) is 26.1. The number of rotatable bonds is 6. The quantitative estimate of drug-likeness (QED) is 0.304. The molecule has 0 spiro atoms. The van der Waals surface area contributed by atoms with Crippen molar-refractivity contribution in [2.45, 2.75) is 13.1 Å². The first kappa shape index (κ1) is 23.3. The van der Waals surface area contributed by atoms with Crippen LogP contribution in [0.25, 0.3) is 11.0 Å². The van der Waals surface area contributed by atoms with Crippen LogP contribution in [0.4, 0.5) is 5.69 Å². The van der Waals surface area contributed by atoms with Gasteiger partial charge in [0.25, 0.3) is 17.7 Å². The van der Waals surface area contributed by atoms with Gasteiger partial charge in [0.15, 0.2) is 23.8 Å². The van der Waals surface area contributed by atoms with Crippen LogP contribution >= 0.6 is 0 Å². The molecule has 0 unspecified atom stereocenters. The highest BCUT2D eigenvalue weighted by molar-refractivity contribution is 6.10. The van der Waals surface area contributed by atoms with E-state index >= 15 is 0 Å². The second kappa shape index (κ2) is 9.73. The Morgan fingerprint density at radius 3 is 2.45 bits per heavy atom. The molecule has 38 heavy (non-hydrogen) atoms. The first-order valence-corrected chi connectivity index (χ1v) is 11.9. The second-order valence-corrected chi connectivity index (χ2v) is 8.66. The number of ether oxygens (including phenoxy) is 3. The fraction of sp³-hybridized carbons (Fsp3) is 0.192. The Labute approximate surface area is 215 Å². The molecule has 4 N–H and O–H groups in total. The Hall–Kier alpha value is -5.13. The molecule has 0 bridgehead atoms. The van der Waals surface area contributed by atoms with Gasteiger partial charge in [-0.15, -0.1) is 0 Å². The third kappa shape index (κ3) is 4.54. The third-order valence-electron chi connectivity index (χ3n) is 6.11. The number of aromatic nitrogens is 3. The van der Waals surface area contributed by atoms with E-state index in [-0.39, 0.29) is 37.2 Å². The number of hydrogen-bond acceptors (Lipinski definition) is 8. The molecule has 0 saturated heterocycles. The molecular weight excluding hydrogens is 492 g/mol. The molecule has 3 amide bonds. The van der Waals surface area contributed by atoms with Crippen LogP contribution in [-0.2, 0) is 17.9 Å². The van der Waals surface area contributed by atoms with Crippen LogP contribution in [-0.4, -0.2) is 52.5 Å². The maximum Gasteiger partial charge on any atom is 0.272 e. The first-order chi connectivity index (χ1) is 18.5. The molecular formula is C26H22N6O6. The number of H-pyrrole nitrogens is 1. The summed E-state index contributed by atoms with van der Waals surface area (Å²) in [7, 11) is 0. The Kier molecular flexibility index (Phi) is 5.96. The SMILES string of the molecule is O=C1COc2ccc(CNC(=O)c3ncnc4c(C(=O)NCc5ccc6c(c5)OCCO6)c[nH]c34)cc2N1. The molecule has 2 aliphatic rings. The topological polar surface area (TPSA) is 157 Å². The molecule has 192 valence electrons. The monoisotopic (exact) mass is 514 g/mol. The van der Waals surface area contributed by atoms with E-state index < -0.39 is 5.91 Å². The number of nitrogens with zero attached hydrogens (tertiary/aromatic N) is 2. The Morgan fingerprint density at radius 1 is 0.868 bits per heavy atom. The predicted molar refractivity (Wildman–Crippen MR) is 134 cm³/mol. The largest absolute Gasteiger partial charge is 0.486 e. The number of anilines is 1. The van der Waals surface area contributed by atoms with Crippen LogP contribution in [0, 0.1) is 0 Å². The summed E-state index contributed by atoms with van der Waals surface area (Å²) in [6.07, 6.45) is 2.75. The van der Waals surface area contributed by atoms with E-state index in [1.54, 1.807) is 18.2 Å². The molecule has 4 heterocycles. The van der Waals surface area contributed by atoms with E-state index in [1.165, 1.54) is 12.5 Å². The van der Waals surface area contributed by atoms with Crippen molar-refractivity contribution in [1.82, 2.24) is 25.6 Å². The highest BCUT2D eigenvalue weighted by Gasteiger charge is 2.21. The number of aromatic amines is 1. The van der Waals surface area contributed by atoms with Crippen LogP contribution in [0.3, 0.4) is 0 Å². The van der Waals surface area contributed by atoms with Crippen molar-refractivity contribution in [2.75, 3.05) is 25.1 Å². The zero-order valence-electron chi connectivity index (χ0n) is 20.0. The molecule has 0 radical (unpaired) electrons. The summed E-state index contributed by atoms with van der Waals surface area (Å²) < 4.78 is 16.5. The fourth-order valence-corrected chi connectivity index (χ4v) is 4.27. The molecule has 12 nitrogen and oxygen atoms in total. The van der Waals surface area contributed by atoms with E-state index in [4.69, 9.17) is 14.2 Å². The van der Waals surface area contributed by atoms with Gasteiger partial charge in [0.2, 0.25) is 0 Å². The fourth-order valence-electron chi connectivity index (χ4n) is 4.27. The van der Waals surface area contributed by atoms with Crippen molar-refractivity contribution >= 4 is 34.4 Å². The number of carbonyl (C=O) groups is 3. The molecule has 2 aromatic heterocycles. The summed E-state index contributed by atoms with van der Waals surface area (Å²) >= 11 is 0. The normalized spacial score (nSPS) is 13.7. The van der Waals surface area contributed by atoms with Crippen LogP contribution in [0.5, 0.6) is 17.2 Å². The molecule has 0 aliphatic carbocycles. The van der Waals surface area contributed by atoms with Crippen LogP contribution in [0.2, 0.25) is 0 Å². The van der Waals surface area contributed by atoms with Crippen molar-refractivity contribution < 1.29 is 28.6 Å². The highest BCUT2D eigenvalue weighted by Crippen LogP contribution is 2.31. The van der Waals surface area contributed by atoms with E-state index in [0.29, 0.717) is 52.7 Å². The van der Waals surface area contributed by atoms with Crippen molar-refractivity contribution in [3.05, 3.63) is 71.3 Å². The van der Waals surface area contributed by atoms with Gasteiger partial charge in [0.05, 0.1) is 16.8 Å².